The molecule has 0 spiro atoms. The molecule has 3 heterocycles. The van der Waals surface area contributed by atoms with E-state index in [-0.39, 0.29) is 15.6 Å². The standard InChI is InChI=1S/C21H21Cl2N7O/c1-29-7-9-30(10-8-29)19-13-24-12-18(28-19)27-17-11-14(5-6-25-17)26-21(31)20-15(22)3-2-4-16(20)23/h2-6,11-13H,7-10H2,1H3,(H2,25,26,27,28,31). The number of pyridine rings is 1. The van der Waals surface area contributed by atoms with E-state index in [9.17, 15) is 4.79 Å². The Labute approximate surface area is 190 Å². The molecule has 1 aliphatic heterocycles. The molecule has 4 rings (SSSR count). The van der Waals surface area contributed by atoms with Gasteiger partial charge in [0.2, 0.25) is 0 Å². The van der Waals surface area contributed by atoms with E-state index in [0.29, 0.717) is 17.3 Å². The molecule has 2 N–H and O–H groups in total. The van der Waals surface area contributed by atoms with Crippen LogP contribution in [0.25, 0.3) is 0 Å². The van der Waals surface area contributed by atoms with Crippen LogP contribution in [0.5, 0.6) is 0 Å². The van der Waals surface area contributed by atoms with E-state index < -0.39 is 5.91 Å². The number of hydrogen-bond donors (Lipinski definition) is 2. The molecule has 0 aliphatic carbocycles. The van der Waals surface area contributed by atoms with Gasteiger partial charge in [0.25, 0.3) is 5.91 Å². The van der Waals surface area contributed by atoms with Crippen LogP contribution in [0.15, 0.2) is 48.9 Å². The van der Waals surface area contributed by atoms with Crippen molar-refractivity contribution in [2.75, 3.05) is 48.8 Å². The van der Waals surface area contributed by atoms with Gasteiger partial charge in [-0.05, 0) is 25.2 Å². The Hall–Kier alpha value is -2.94. The van der Waals surface area contributed by atoms with Crippen molar-refractivity contribution in [3.8, 4) is 0 Å². The van der Waals surface area contributed by atoms with Gasteiger partial charge in [-0.2, -0.15) is 0 Å². The van der Waals surface area contributed by atoms with Crippen LogP contribution in [0.4, 0.5) is 23.1 Å². The summed E-state index contributed by atoms with van der Waals surface area (Å²) < 4.78 is 0. The van der Waals surface area contributed by atoms with Crippen LogP contribution in [0, 0.1) is 0 Å². The molecule has 1 saturated heterocycles. The number of nitrogens with one attached hydrogen (secondary N) is 2. The third-order valence-corrected chi connectivity index (χ3v) is 5.54. The van der Waals surface area contributed by atoms with Gasteiger partial charge in [0.15, 0.2) is 5.82 Å². The first-order valence-corrected chi connectivity index (χ1v) is 10.5. The molecule has 3 aromatic rings. The number of piperazine rings is 1. The zero-order valence-electron chi connectivity index (χ0n) is 16.8. The summed E-state index contributed by atoms with van der Waals surface area (Å²) in [4.78, 5) is 30.4. The molecule has 1 amide bonds. The molecule has 1 aliphatic rings. The van der Waals surface area contributed by atoms with Gasteiger partial charge in [-0.3, -0.25) is 9.78 Å². The van der Waals surface area contributed by atoms with Crippen LogP contribution in [0.1, 0.15) is 10.4 Å². The molecule has 8 nitrogen and oxygen atoms in total. The molecule has 0 unspecified atom stereocenters. The SMILES string of the molecule is CN1CCN(c2cncc(Nc3cc(NC(=O)c4c(Cl)cccc4Cl)ccn3)n2)CC1. The van der Waals surface area contributed by atoms with Crippen LogP contribution in [0.3, 0.4) is 0 Å². The van der Waals surface area contributed by atoms with Crippen molar-refractivity contribution in [1.82, 2.24) is 19.9 Å². The second kappa shape index (κ2) is 9.47. The summed E-state index contributed by atoms with van der Waals surface area (Å²) in [5.41, 5.74) is 0.768. The van der Waals surface area contributed by atoms with Gasteiger partial charge in [-0.1, -0.05) is 29.3 Å². The fraction of sp³-hybridized carbons (Fsp3) is 0.238. The minimum atomic E-state index is -0.399. The maximum atomic E-state index is 12.6. The molecule has 10 heteroatoms. The van der Waals surface area contributed by atoms with E-state index >= 15 is 0 Å². The molecule has 31 heavy (non-hydrogen) atoms. The molecule has 2 aromatic heterocycles. The second-order valence-electron chi connectivity index (χ2n) is 7.16. The van der Waals surface area contributed by atoms with Crippen molar-refractivity contribution in [3.05, 3.63) is 64.5 Å². The molecule has 0 radical (unpaired) electrons. The van der Waals surface area contributed by atoms with Crippen LogP contribution in [-0.2, 0) is 0 Å². The number of nitrogens with zero attached hydrogens (tertiary/aromatic N) is 5. The highest BCUT2D eigenvalue weighted by molar-refractivity contribution is 6.40. The number of hydrogen-bond acceptors (Lipinski definition) is 7. The van der Waals surface area contributed by atoms with Crippen LogP contribution in [0.2, 0.25) is 10.0 Å². The van der Waals surface area contributed by atoms with Gasteiger partial charge >= 0.3 is 0 Å². The normalized spacial score (nSPS) is 14.4. The highest BCUT2D eigenvalue weighted by Gasteiger charge is 2.17. The molecule has 160 valence electrons. The van der Waals surface area contributed by atoms with Gasteiger partial charge in [-0.15, -0.1) is 0 Å². The Morgan fingerprint density at radius 1 is 1.03 bits per heavy atom. The summed E-state index contributed by atoms with van der Waals surface area (Å²) in [5, 5.41) is 6.51. The highest BCUT2D eigenvalue weighted by Crippen LogP contribution is 2.26. The smallest absolute Gasteiger partial charge is 0.258 e. The van der Waals surface area contributed by atoms with Gasteiger partial charge in [0, 0.05) is 44.1 Å². The molecule has 0 saturated carbocycles. The first kappa shape index (κ1) is 21.3. The van der Waals surface area contributed by atoms with E-state index in [4.69, 9.17) is 23.2 Å². The van der Waals surface area contributed by atoms with Crippen molar-refractivity contribution in [1.29, 1.82) is 0 Å². The van der Waals surface area contributed by atoms with E-state index in [1.807, 2.05) is 0 Å². The summed E-state index contributed by atoms with van der Waals surface area (Å²) in [6.07, 6.45) is 4.98. The maximum Gasteiger partial charge on any atom is 0.258 e. The molecular weight excluding hydrogens is 437 g/mol. The fourth-order valence-corrected chi connectivity index (χ4v) is 3.79. The number of amides is 1. The zero-order chi connectivity index (χ0) is 21.8. The first-order chi connectivity index (χ1) is 15.0. The number of aromatic nitrogens is 3. The fourth-order valence-electron chi connectivity index (χ4n) is 3.22. The van der Waals surface area contributed by atoms with Crippen LogP contribution < -0.4 is 15.5 Å². The van der Waals surface area contributed by atoms with Crippen LogP contribution >= 0.6 is 23.2 Å². The number of carbonyl (C=O) groups is 1. The lowest BCUT2D eigenvalue weighted by atomic mass is 10.2. The van der Waals surface area contributed by atoms with Gasteiger partial charge < -0.3 is 20.4 Å². The summed E-state index contributed by atoms with van der Waals surface area (Å²) >= 11 is 12.2. The number of benzene rings is 1. The third-order valence-electron chi connectivity index (χ3n) is 4.91. The Morgan fingerprint density at radius 2 is 1.77 bits per heavy atom. The quantitative estimate of drug-likeness (QED) is 0.599. The lowest BCUT2D eigenvalue weighted by Crippen LogP contribution is -2.44. The topological polar surface area (TPSA) is 86.3 Å². The van der Waals surface area contributed by atoms with Crippen LogP contribution in [-0.4, -0.2) is 59.0 Å². The van der Waals surface area contributed by atoms with Gasteiger partial charge in [-0.25, -0.2) is 9.97 Å². The third kappa shape index (κ3) is 5.22. The Kier molecular flexibility index (Phi) is 6.50. The number of rotatable bonds is 5. The summed E-state index contributed by atoms with van der Waals surface area (Å²) in [5.74, 6) is 1.51. The molecule has 1 aromatic carbocycles. The minimum Gasteiger partial charge on any atom is -0.353 e. The highest BCUT2D eigenvalue weighted by atomic mass is 35.5. The van der Waals surface area contributed by atoms with E-state index in [2.05, 4.69) is 42.4 Å². The van der Waals surface area contributed by atoms with Gasteiger partial charge in [0.1, 0.15) is 11.6 Å². The Bertz CT molecular complexity index is 1070. The largest absolute Gasteiger partial charge is 0.353 e. The number of halogens is 2. The lowest BCUT2D eigenvalue weighted by Gasteiger charge is -2.33. The first-order valence-electron chi connectivity index (χ1n) is 9.73. The summed E-state index contributed by atoms with van der Waals surface area (Å²) in [6, 6.07) is 8.31. The second-order valence-corrected chi connectivity index (χ2v) is 7.97. The minimum absolute atomic E-state index is 0.225. The molecule has 0 atom stereocenters. The molecule has 1 fully saturated rings. The molecule has 0 bridgehead atoms. The zero-order valence-corrected chi connectivity index (χ0v) is 18.4. The Balaban J connectivity index is 1.47. The predicted octanol–water partition coefficient (Wildman–Crippen LogP) is 3.93. The molecular formula is C21H21Cl2N7O. The van der Waals surface area contributed by atoms with Crippen molar-refractivity contribution in [3.63, 3.8) is 0 Å². The van der Waals surface area contributed by atoms with E-state index in [0.717, 1.165) is 32.0 Å². The summed E-state index contributed by atoms with van der Waals surface area (Å²) in [6.45, 7) is 3.77. The number of carbonyl (C=O) groups excluding carboxylic acids is 1. The average Bonchev–Trinajstić information content (AvgIpc) is 2.74. The predicted molar refractivity (Wildman–Crippen MR) is 124 cm³/mol. The van der Waals surface area contributed by atoms with Gasteiger partial charge in [0.05, 0.1) is 28.0 Å². The summed E-state index contributed by atoms with van der Waals surface area (Å²) in [7, 11) is 2.11. The van der Waals surface area contributed by atoms with E-state index in [1.54, 1.807) is 48.9 Å². The Morgan fingerprint density at radius 3 is 2.52 bits per heavy atom. The van der Waals surface area contributed by atoms with E-state index in [1.165, 1.54) is 0 Å². The monoisotopic (exact) mass is 457 g/mol. The van der Waals surface area contributed by atoms with Crippen molar-refractivity contribution < 1.29 is 4.79 Å². The lowest BCUT2D eigenvalue weighted by molar-refractivity contribution is 0.102. The van der Waals surface area contributed by atoms with Crippen molar-refractivity contribution >= 4 is 52.3 Å². The number of likely N-dealkylation sites (N-methyl/N-ethyl adjacent to an activating group) is 1. The van der Waals surface area contributed by atoms with Crippen molar-refractivity contribution in [2.24, 2.45) is 0 Å². The van der Waals surface area contributed by atoms with Crippen molar-refractivity contribution in [2.45, 2.75) is 0 Å². The number of anilines is 4. The maximum absolute atomic E-state index is 12.6. The average molecular weight is 458 g/mol.